The van der Waals surface area contributed by atoms with Gasteiger partial charge in [-0.15, -0.1) is 0 Å². The molecule has 0 bridgehead atoms. The Balaban J connectivity index is 1.58. The molecule has 0 N–H and O–H groups in total. The van der Waals surface area contributed by atoms with Crippen LogP contribution in [-0.2, 0) is 22.4 Å². The molecule has 0 aromatic heterocycles. The number of carbonyl (C=O) groups excluding carboxylic acids is 1. The fourth-order valence-electron chi connectivity index (χ4n) is 3.71. The minimum atomic E-state index is -1.26. The molecule has 1 heterocycles. The van der Waals surface area contributed by atoms with Gasteiger partial charge in [0.25, 0.3) is 5.91 Å². The quantitative estimate of drug-likeness (QED) is 0.438. The largest absolute Gasteiger partial charge is 0.616 e. The lowest BCUT2D eigenvalue weighted by atomic mass is 9.92. The second-order valence-electron chi connectivity index (χ2n) is 7.00. The van der Waals surface area contributed by atoms with Crippen LogP contribution in [0.25, 0.3) is 0 Å². The van der Waals surface area contributed by atoms with Crippen LogP contribution in [0.15, 0.2) is 84.9 Å². The minimum absolute atomic E-state index is 0.0802. The summed E-state index contributed by atoms with van der Waals surface area (Å²) in [7, 11) is 1.62. The average Bonchev–Trinajstić information content (AvgIpc) is 2.77. The third-order valence-corrected chi connectivity index (χ3v) is 6.89. The average molecular weight is 406 g/mol. The van der Waals surface area contributed by atoms with E-state index in [2.05, 4.69) is 0 Å². The zero-order valence-electron chi connectivity index (χ0n) is 16.2. The van der Waals surface area contributed by atoms with Crippen molar-refractivity contribution in [3.8, 4) is 5.75 Å². The number of rotatable bonds is 7. The number of hydrogen-bond acceptors (Lipinski definition) is 3. The van der Waals surface area contributed by atoms with Crippen LogP contribution in [0.4, 0.5) is 5.69 Å². The number of para-hydroxylation sites is 1. The molecule has 1 unspecified atom stereocenters. The van der Waals surface area contributed by atoms with Crippen molar-refractivity contribution < 1.29 is 14.1 Å². The summed E-state index contributed by atoms with van der Waals surface area (Å²) in [6.45, 7) is 0. The summed E-state index contributed by atoms with van der Waals surface area (Å²) in [4.78, 5) is 14.8. The molecule has 4 rings (SSSR count). The lowest BCUT2D eigenvalue weighted by molar-refractivity contribution is -0.123. The summed E-state index contributed by atoms with van der Waals surface area (Å²) < 4.78 is 18.4. The molecule has 0 saturated carbocycles. The topological polar surface area (TPSA) is 52.6 Å². The van der Waals surface area contributed by atoms with Crippen molar-refractivity contribution in [3.63, 3.8) is 0 Å². The van der Waals surface area contributed by atoms with E-state index >= 15 is 0 Å². The first-order valence-corrected chi connectivity index (χ1v) is 11.0. The molecular formula is C24H23NO3S. The van der Waals surface area contributed by atoms with E-state index in [1.54, 1.807) is 12.0 Å². The molecule has 1 saturated heterocycles. The Kier molecular flexibility index (Phi) is 5.88. The second kappa shape index (κ2) is 8.72. The standard InChI is InChI=1S/C24H23NO3S/c1-28-21-14-12-19(13-15-21)22-23(24(26)25(22)20-10-6-3-7-11-20)29(27)17-16-18-8-4-2-5-9-18/h2-15,22-23H,16-17H2,1H3/t22-,23-,29?/m0/s1. The van der Waals surface area contributed by atoms with E-state index in [9.17, 15) is 9.35 Å². The number of benzene rings is 3. The molecule has 29 heavy (non-hydrogen) atoms. The predicted octanol–water partition coefficient (Wildman–Crippen LogP) is 4.14. The third kappa shape index (κ3) is 4.02. The molecule has 0 spiro atoms. The van der Waals surface area contributed by atoms with Crippen molar-refractivity contribution in [1.82, 2.24) is 0 Å². The molecule has 1 amide bonds. The molecule has 3 aromatic carbocycles. The van der Waals surface area contributed by atoms with Gasteiger partial charge in [-0.2, -0.15) is 0 Å². The lowest BCUT2D eigenvalue weighted by Crippen LogP contribution is -2.62. The Morgan fingerprint density at radius 1 is 0.931 bits per heavy atom. The number of ether oxygens (including phenoxy) is 1. The first-order chi connectivity index (χ1) is 14.2. The van der Waals surface area contributed by atoms with Gasteiger partial charge in [-0.1, -0.05) is 60.7 Å². The van der Waals surface area contributed by atoms with Crippen molar-refractivity contribution in [1.29, 1.82) is 0 Å². The summed E-state index contributed by atoms with van der Waals surface area (Å²) in [6.07, 6.45) is 0.692. The van der Waals surface area contributed by atoms with Gasteiger partial charge in [-0.25, -0.2) is 0 Å². The molecule has 5 heteroatoms. The maximum absolute atomic E-state index is 13.1. The Morgan fingerprint density at radius 2 is 1.55 bits per heavy atom. The summed E-state index contributed by atoms with van der Waals surface area (Å²) in [5.41, 5.74) is 2.93. The number of amides is 1. The molecule has 3 aromatic rings. The van der Waals surface area contributed by atoms with Crippen molar-refractivity contribution in [3.05, 3.63) is 96.1 Å². The Morgan fingerprint density at radius 3 is 2.17 bits per heavy atom. The maximum Gasteiger partial charge on any atom is 0.283 e. The number of carbonyl (C=O) groups is 1. The molecule has 4 nitrogen and oxygen atoms in total. The molecular weight excluding hydrogens is 382 g/mol. The molecule has 0 aliphatic carbocycles. The van der Waals surface area contributed by atoms with E-state index < -0.39 is 16.4 Å². The van der Waals surface area contributed by atoms with E-state index in [0.29, 0.717) is 12.2 Å². The zero-order valence-corrected chi connectivity index (χ0v) is 17.0. The van der Waals surface area contributed by atoms with Crippen molar-refractivity contribution in [2.45, 2.75) is 17.7 Å². The zero-order chi connectivity index (χ0) is 20.2. The smallest absolute Gasteiger partial charge is 0.283 e. The normalized spacial score (nSPS) is 19.5. The number of anilines is 1. The van der Waals surface area contributed by atoms with Crippen LogP contribution >= 0.6 is 0 Å². The van der Waals surface area contributed by atoms with Gasteiger partial charge in [0.15, 0.2) is 0 Å². The SMILES string of the molecule is COc1ccc([C@H]2[C@H]([S+]([O-])CCc3ccccc3)C(=O)N2c2ccccc2)cc1. The summed E-state index contributed by atoms with van der Waals surface area (Å²) in [5.74, 6) is 1.14. The number of β-lactam (4-membered cyclic amide) rings is 1. The minimum Gasteiger partial charge on any atom is -0.616 e. The first-order valence-electron chi connectivity index (χ1n) is 9.62. The number of hydrogen-bond donors (Lipinski definition) is 0. The molecule has 1 aliphatic rings. The summed E-state index contributed by atoms with van der Waals surface area (Å²) >= 11 is -1.26. The van der Waals surface area contributed by atoms with Gasteiger partial charge in [0.1, 0.15) is 17.5 Å². The predicted molar refractivity (Wildman–Crippen MR) is 117 cm³/mol. The number of methoxy groups -OCH3 is 1. The summed E-state index contributed by atoms with van der Waals surface area (Å²) in [5, 5.41) is -0.535. The Hall–Kier alpha value is -2.76. The molecule has 0 radical (unpaired) electrons. The number of aryl methyl sites for hydroxylation is 1. The van der Waals surface area contributed by atoms with Gasteiger partial charge < -0.3 is 9.29 Å². The highest BCUT2D eigenvalue weighted by Crippen LogP contribution is 2.43. The van der Waals surface area contributed by atoms with E-state index in [4.69, 9.17) is 4.74 Å². The highest BCUT2D eigenvalue weighted by molar-refractivity contribution is 7.93. The van der Waals surface area contributed by atoms with Gasteiger partial charge in [-0.05, 0) is 46.6 Å². The molecule has 3 atom stereocenters. The van der Waals surface area contributed by atoms with Gasteiger partial charge in [0.05, 0.1) is 7.11 Å². The third-order valence-electron chi connectivity index (χ3n) is 5.26. The van der Waals surface area contributed by atoms with Gasteiger partial charge in [0, 0.05) is 12.1 Å². The fourth-order valence-corrected chi connectivity index (χ4v) is 5.31. The summed E-state index contributed by atoms with van der Waals surface area (Å²) in [6, 6.07) is 27.0. The van der Waals surface area contributed by atoms with Crippen LogP contribution in [0.3, 0.4) is 0 Å². The van der Waals surface area contributed by atoms with Crippen LogP contribution < -0.4 is 9.64 Å². The second-order valence-corrected chi connectivity index (χ2v) is 8.68. The van der Waals surface area contributed by atoms with Crippen LogP contribution in [0.1, 0.15) is 17.2 Å². The van der Waals surface area contributed by atoms with Gasteiger partial charge in [-0.3, -0.25) is 9.69 Å². The highest BCUT2D eigenvalue weighted by Gasteiger charge is 2.55. The van der Waals surface area contributed by atoms with E-state index in [1.807, 2.05) is 84.9 Å². The maximum atomic E-state index is 13.1. The van der Waals surface area contributed by atoms with Crippen LogP contribution in [0.2, 0.25) is 0 Å². The molecule has 148 valence electrons. The Bertz CT molecular complexity index is 947. The van der Waals surface area contributed by atoms with Gasteiger partial charge in [0.2, 0.25) is 5.25 Å². The van der Waals surface area contributed by atoms with E-state index in [-0.39, 0.29) is 11.9 Å². The monoisotopic (exact) mass is 405 g/mol. The van der Waals surface area contributed by atoms with E-state index in [1.165, 1.54) is 0 Å². The van der Waals surface area contributed by atoms with Gasteiger partial charge >= 0.3 is 0 Å². The van der Waals surface area contributed by atoms with E-state index in [0.717, 1.165) is 22.6 Å². The van der Waals surface area contributed by atoms with Crippen molar-refractivity contribution in [2.75, 3.05) is 17.8 Å². The van der Waals surface area contributed by atoms with Crippen molar-refractivity contribution >= 4 is 22.8 Å². The number of nitrogens with zero attached hydrogens (tertiary/aromatic N) is 1. The molecule has 1 aliphatic heterocycles. The van der Waals surface area contributed by atoms with Crippen LogP contribution in [0.5, 0.6) is 5.75 Å². The van der Waals surface area contributed by atoms with Crippen LogP contribution in [0, 0.1) is 0 Å². The highest BCUT2D eigenvalue weighted by atomic mass is 32.2. The van der Waals surface area contributed by atoms with Crippen molar-refractivity contribution in [2.24, 2.45) is 0 Å². The lowest BCUT2D eigenvalue weighted by Gasteiger charge is -2.46. The molecule has 1 fully saturated rings. The first kappa shape index (κ1) is 19.6. The Labute approximate surface area is 174 Å². The fraction of sp³-hybridized carbons (Fsp3) is 0.208. The van der Waals surface area contributed by atoms with Crippen LogP contribution in [-0.4, -0.2) is 28.6 Å².